The number of nitrogens with zero attached hydrogens (tertiary/aromatic N) is 6. The fourth-order valence-corrected chi connectivity index (χ4v) is 14.9. The molecule has 8 aromatic heterocycles. The molecule has 0 aliphatic rings. The highest BCUT2D eigenvalue weighted by atomic mass is 28.3. The molecule has 0 aliphatic heterocycles. The molecular formula is C55H34N6O2Si. The molecule has 8 heterocycles. The third-order valence-electron chi connectivity index (χ3n) is 12.7. The molecular weight excluding hydrogens is 805 g/mol. The average molecular weight is 839 g/mol. The molecule has 9 heteroatoms. The van der Waals surface area contributed by atoms with Gasteiger partial charge in [-0.15, -0.1) is 0 Å². The number of pyridine rings is 5. The van der Waals surface area contributed by atoms with Crippen molar-refractivity contribution in [2.45, 2.75) is 0 Å². The van der Waals surface area contributed by atoms with Gasteiger partial charge in [-0.1, -0.05) is 121 Å². The second kappa shape index (κ2) is 14.3. The van der Waals surface area contributed by atoms with Crippen LogP contribution >= 0.6 is 0 Å². The number of para-hydroxylation sites is 1. The van der Waals surface area contributed by atoms with Crippen LogP contribution < -0.4 is 20.7 Å². The van der Waals surface area contributed by atoms with Crippen LogP contribution in [0.4, 0.5) is 0 Å². The fourth-order valence-electron chi connectivity index (χ4n) is 10.1. The van der Waals surface area contributed by atoms with E-state index in [2.05, 4.69) is 142 Å². The Hall–Kier alpha value is -8.53. The maximum absolute atomic E-state index is 6.79. The van der Waals surface area contributed by atoms with Crippen LogP contribution in [-0.2, 0) is 0 Å². The summed E-state index contributed by atoms with van der Waals surface area (Å²) in [4.78, 5) is 24.1. The lowest BCUT2D eigenvalue weighted by molar-refractivity contribution is 0.666. The van der Waals surface area contributed by atoms with Crippen LogP contribution in [0.3, 0.4) is 0 Å². The fraction of sp³-hybridized carbons (Fsp3) is 0. The minimum Gasteiger partial charge on any atom is -0.452 e. The maximum atomic E-state index is 6.79. The minimum atomic E-state index is -3.10. The van der Waals surface area contributed by atoms with Gasteiger partial charge < -0.3 is 13.4 Å². The first-order valence-corrected chi connectivity index (χ1v) is 23.2. The summed E-state index contributed by atoms with van der Waals surface area (Å²) in [6, 6.07) is 56.4. The van der Waals surface area contributed by atoms with Gasteiger partial charge in [-0.2, -0.15) is 0 Å². The van der Waals surface area contributed by atoms with Crippen molar-refractivity contribution < 1.29 is 8.83 Å². The third kappa shape index (κ3) is 5.25. The molecule has 300 valence electrons. The summed E-state index contributed by atoms with van der Waals surface area (Å²) in [6.07, 6.45) is 14.8. The summed E-state index contributed by atoms with van der Waals surface area (Å²) < 4.78 is 15.8. The van der Waals surface area contributed by atoms with Crippen LogP contribution in [0.2, 0.25) is 0 Å². The van der Waals surface area contributed by atoms with Crippen LogP contribution in [0.15, 0.2) is 216 Å². The SMILES string of the molecule is c1ccc(-n2c3c(-c4nccc5c4oc4cnccc45)cncc3c3cc([Si](c4ccccc4)(c4ccccc4)c4ccccc4)cc(-c4nccc5c4oc4cnccc45)c32)cc1. The van der Waals surface area contributed by atoms with E-state index in [0.717, 1.165) is 65.9 Å². The standard InChI is InChI=1S/C55H34N6O2Si/c1-5-13-35(14-6-1)61-52-44(46-31-58-32-47(53(46)61)51-55-43(24-28-60-51)41-22-26-57-34-49(41)63-55)29-39(30-45(52)50-54-42(23-27-59-50)40-21-25-56-33-48(40)62-54)64(36-15-7-2-8-16-36,37-17-9-3-10-18-37)38-19-11-4-12-20-38/h1-34H. The Morgan fingerprint density at radius 1 is 0.375 bits per heavy atom. The molecule has 64 heavy (non-hydrogen) atoms. The molecule has 0 atom stereocenters. The Bertz CT molecular complexity index is 3810. The van der Waals surface area contributed by atoms with Crippen LogP contribution in [0.1, 0.15) is 0 Å². The molecule has 13 rings (SSSR count). The van der Waals surface area contributed by atoms with E-state index < -0.39 is 8.07 Å². The highest BCUT2D eigenvalue weighted by Gasteiger charge is 2.42. The van der Waals surface area contributed by atoms with E-state index in [1.54, 1.807) is 18.6 Å². The van der Waals surface area contributed by atoms with Crippen molar-refractivity contribution in [2.24, 2.45) is 0 Å². The number of benzene rings is 5. The molecule has 0 aliphatic carbocycles. The molecule has 0 unspecified atom stereocenters. The lowest BCUT2D eigenvalue weighted by Crippen LogP contribution is -2.74. The van der Waals surface area contributed by atoms with Gasteiger partial charge >= 0.3 is 0 Å². The van der Waals surface area contributed by atoms with E-state index in [1.165, 1.54) is 20.7 Å². The summed E-state index contributed by atoms with van der Waals surface area (Å²) in [5.74, 6) is 0. The van der Waals surface area contributed by atoms with Crippen LogP contribution in [0.25, 0.3) is 93.9 Å². The van der Waals surface area contributed by atoms with E-state index in [1.807, 2.05) is 61.3 Å². The lowest BCUT2D eigenvalue weighted by atomic mass is 10.0. The summed E-state index contributed by atoms with van der Waals surface area (Å²) in [5, 5.41) is 10.9. The number of hydrogen-bond acceptors (Lipinski definition) is 7. The minimum absolute atomic E-state index is 0.677. The smallest absolute Gasteiger partial charge is 0.179 e. The zero-order valence-electron chi connectivity index (χ0n) is 34.1. The van der Waals surface area contributed by atoms with Crippen molar-refractivity contribution in [2.75, 3.05) is 0 Å². The van der Waals surface area contributed by atoms with Crippen LogP contribution in [-0.4, -0.2) is 37.6 Å². The largest absolute Gasteiger partial charge is 0.452 e. The first-order valence-electron chi connectivity index (χ1n) is 21.2. The molecule has 0 radical (unpaired) electrons. The van der Waals surface area contributed by atoms with Gasteiger partial charge in [0.2, 0.25) is 0 Å². The Morgan fingerprint density at radius 3 is 1.41 bits per heavy atom. The number of rotatable bonds is 7. The molecule has 13 aromatic rings. The summed E-state index contributed by atoms with van der Waals surface area (Å²) in [6.45, 7) is 0. The molecule has 0 saturated heterocycles. The molecule has 5 aromatic carbocycles. The first kappa shape index (κ1) is 36.2. The van der Waals surface area contributed by atoms with Gasteiger partial charge in [0.05, 0.1) is 23.4 Å². The van der Waals surface area contributed by atoms with Gasteiger partial charge in [0.15, 0.2) is 30.4 Å². The van der Waals surface area contributed by atoms with Gasteiger partial charge in [-0.05, 0) is 57.1 Å². The van der Waals surface area contributed by atoms with E-state index >= 15 is 0 Å². The van der Waals surface area contributed by atoms with E-state index in [9.17, 15) is 0 Å². The predicted molar refractivity (Wildman–Crippen MR) is 259 cm³/mol. The first-order chi connectivity index (χ1) is 31.8. The number of hydrogen-bond donors (Lipinski definition) is 0. The van der Waals surface area contributed by atoms with Gasteiger partial charge in [-0.25, -0.2) is 0 Å². The predicted octanol–water partition coefficient (Wildman–Crippen LogP) is 10.3. The molecule has 0 N–H and O–H groups in total. The number of aromatic nitrogens is 6. The molecule has 8 nitrogen and oxygen atoms in total. The van der Waals surface area contributed by atoms with E-state index in [-0.39, 0.29) is 0 Å². The van der Waals surface area contributed by atoms with Crippen molar-refractivity contribution in [1.82, 2.24) is 29.5 Å². The highest BCUT2D eigenvalue weighted by molar-refractivity contribution is 7.20. The topological polar surface area (TPSA) is 95.7 Å². The van der Waals surface area contributed by atoms with Crippen LogP contribution in [0.5, 0.6) is 0 Å². The normalized spacial score (nSPS) is 12.1. The zero-order chi connectivity index (χ0) is 42.2. The Morgan fingerprint density at radius 2 is 0.859 bits per heavy atom. The molecule has 0 saturated carbocycles. The van der Waals surface area contributed by atoms with Crippen LogP contribution in [0, 0.1) is 0 Å². The Kier molecular flexibility index (Phi) is 8.06. The monoisotopic (exact) mass is 838 g/mol. The number of furan rings is 2. The zero-order valence-corrected chi connectivity index (χ0v) is 35.1. The molecule has 0 spiro atoms. The summed E-state index contributed by atoms with van der Waals surface area (Å²) in [7, 11) is -3.10. The highest BCUT2D eigenvalue weighted by Crippen LogP contribution is 2.44. The van der Waals surface area contributed by atoms with Crippen molar-refractivity contribution in [3.8, 4) is 28.2 Å². The molecule has 0 fully saturated rings. The summed E-state index contributed by atoms with van der Waals surface area (Å²) >= 11 is 0. The third-order valence-corrected chi connectivity index (χ3v) is 17.5. The molecule has 0 bridgehead atoms. The second-order valence-electron chi connectivity index (χ2n) is 16.0. The van der Waals surface area contributed by atoms with Gasteiger partial charge in [0.1, 0.15) is 11.4 Å². The van der Waals surface area contributed by atoms with Crippen molar-refractivity contribution >= 4 is 94.5 Å². The van der Waals surface area contributed by atoms with Crippen molar-refractivity contribution in [3.63, 3.8) is 0 Å². The van der Waals surface area contributed by atoms with Crippen molar-refractivity contribution in [3.05, 3.63) is 207 Å². The Balaban J connectivity index is 1.25. The van der Waals surface area contributed by atoms with E-state index in [0.29, 0.717) is 28.0 Å². The second-order valence-corrected chi connectivity index (χ2v) is 19.9. The number of fused-ring (bicyclic) bond motifs is 9. The lowest BCUT2D eigenvalue weighted by Gasteiger charge is -2.35. The van der Waals surface area contributed by atoms with Gasteiger partial charge in [0.25, 0.3) is 0 Å². The summed E-state index contributed by atoms with van der Waals surface area (Å²) in [5.41, 5.74) is 8.86. The maximum Gasteiger partial charge on any atom is 0.179 e. The van der Waals surface area contributed by atoms with Gasteiger partial charge in [-0.3, -0.25) is 24.9 Å². The molecule has 0 amide bonds. The average Bonchev–Trinajstić information content (AvgIpc) is 4.06. The van der Waals surface area contributed by atoms with Gasteiger partial charge in [0, 0.05) is 86.3 Å². The van der Waals surface area contributed by atoms with Crippen molar-refractivity contribution in [1.29, 1.82) is 0 Å². The quantitative estimate of drug-likeness (QED) is 0.117. The van der Waals surface area contributed by atoms with E-state index in [4.69, 9.17) is 23.8 Å². The Labute approximate surface area is 366 Å².